The van der Waals surface area contributed by atoms with E-state index in [1.54, 1.807) is 0 Å². The summed E-state index contributed by atoms with van der Waals surface area (Å²) in [7, 11) is 0. The van der Waals surface area contributed by atoms with Gasteiger partial charge in [-0.15, -0.1) is 0 Å². The summed E-state index contributed by atoms with van der Waals surface area (Å²) in [5.41, 5.74) is 5.15. The zero-order valence-corrected chi connectivity index (χ0v) is 13.6. The lowest BCUT2D eigenvalue weighted by molar-refractivity contribution is 0.665. The van der Waals surface area contributed by atoms with Crippen LogP contribution in [0.5, 0.6) is 0 Å². The third kappa shape index (κ3) is 1.71. The van der Waals surface area contributed by atoms with E-state index < -0.39 is 0 Å². The van der Waals surface area contributed by atoms with Crippen LogP contribution < -0.4 is 10.2 Å². The van der Waals surface area contributed by atoms with Gasteiger partial charge in [0.1, 0.15) is 11.7 Å². The van der Waals surface area contributed by atoms with Crippen LogP contribution in [0.2, 0.25) is 0 Å². The number of para-hydroxylation sites is 1. The Morgan fingerprint density at radius 1 is 1.04 bits per heavy atom. The zero-order valence-electron chi connectivity index (χ0n) is 13.6. The molecule has 0 saturated carbocycles. The first-order chi connectivity index (χ1) is 11.7. The van der Waals surface area contributed by atoms with E-state index >= 15 is 0 Å². The van der Waals surface area contributed by atoms with Gasteiger partial charge in [-0.25, -0.2) is 4.98 Å². The molecule has 1 N–H and O–H groups in total. The summed E-state index contributed by atoms with van der Waals surface area (Å²) in [6.45, 7) is 4.26. The summed E-state index contributed by atoms with van der Waals surface area (Å²) >= 11 is 0. The molecule has 4 aromatic rings. The van der Waals surface area contributed by atoms with Crippen LogP contribution in [0.1, 0.15) is 12.5 Å². The molecule has 2 aromatic carbocycles. The maximum absolute atomic E-state index is 6.24. The topological polar surface area (TPSA) is 41.3 Å². The normalized spacial score (nSPS) is 16.6. The Morgan fingerprint density at radius 2 is 1.92 bits per heavy atom. The highest BCUT2D eigenvalue weighted by atomic mass is 16.3. The number of aromatic nitrogens is 1. The lowest BCUT2D eigenvalue weighted by atomic mass is 10.1. The van der Waals surface area contributed by atoms with Crippen LogP contribution in [0.3, 0.4) is 0 Å². The van der Waals surface area contributed by atoms with E-state index in [9.17, 15) is 0 Å². The average Bonchev–Trinajstić information content (AvgIpc) is 3.12. The van der Waals surface area contributed by atoms with Crippen molar-refractivity contribution in [1.29, 1.82) is 0 Å². The number of hydrogen-bond donors (Lipinski definition) is 1. The number of nitrogens with zero attached hydrogens (tertiary/aromatic N) is 2. The van der Waals surface area contributed by atoms with Crippen molar-refractivity contribution in [2.75, 3.05) is 10.2 Å². The van der Waals surface area contributed by atoms with Crippen LogP contribution in [0.4, 0.5) is 17.2 Å². The second-order valence-electron chi connectivity index (χ2n) is 6.27. The van der Waals surface area contributed by atoms with Crippen LogP contribution >= 0.6 is 0 Å². The molecule has 0 amide bonds. The Morgan fingerprint density at radius 3 is 2.83 bits per heavy atom. The number of rotatable bonds is 1. The molecule has 0 bridgehead atoms. The van der Waals surface area contributed by atoms with E-state index in [1.165, 1.54) is 5.56 Å². The molecule has 2 aromatic heterocycles. The van der Waals surface area contributed by atoms with Crippen LogP contribution in [0, 0.1) is 6.92 Å². The Kier molecular flexibility index (Phi) is 2.65. The number of nitrogens with one attached hydrogen (secondary N) is 1. The molecule has 1 aliphatic rings. The lowest BCUT2D eigenvalue weighted by Gasteiger charge is -2.24. The van der Waals surface area contributed by atoms with Crippen LogP contribution in [-0.2, 0) is 0 Å². The third-order valence-corrected chi connectivity index (χ3v) is 4.73. The van der Waals surface area contributed by atoms with Crippen molar-refractivity contribution in [2.45, 2.75) is 20.0 Å². The molecule has 118 valence electrons. The molecule has 24 heavy (non-hydrogen) atoms. The molecule has 1 atom stereocenters. The van der Waals surface area contributed by atoms with Crippen molar-refractivity contribution >= 4 is 39.1 Å². The molecule has 5 rings (SSSR count). The maximum atomic E-state index is 6.24. The highest BCUT2D eigenvalue weighted by Gasteiger charge is 2.31. The van der Waals surface area contributed by atoms with Crippen LogP contribution in [0.25, 0.3) is 21.9 Å². The lowest BCUT2D eigenvalue weighted by Crippen LogP contribution is -2.29. The molecule has 1 aliphatic heterocycles. The van der Waals surface area contributed by atoms with Crippen molar-refractivity contribution < 1.29 is 4.42 Å². The van der Waals surface area contributed by atoms with Crippen molar-refractivity contribution in [1.82, 2.24) is 4.98 Å². The molecule has 0 spiro atoms. The van der Waals surface area contributed by atoms with Gasteiger partial charge in [0, 0.05) is 17.0 Å². The highest BCUT2D eigenvalue weighted by molar-refractivity contribution is 6.10. The number of pyridine rings is 1. The van der Waals surface area contributed by atoms with Gasteiger partial charge in [0.2, 0.25) is 0 Å². The summed E-state index contributed by atoms with van der Waals surface area (Å²) in [5.74, 6) is 0.945. The minimum absolute atomic E-state index is 0.118. The largest absolute Gasteiger partial charge is 0.454 e. The number of furan rings is 1. The fourth-order valence-electron chi connectivity index (χ4n) is 3.65. The molecule has 0 aliphatic carbocycles. The number of benzene rings is 2. The van der Waals surface area contributed by atoms with E-state index in [-0.39, 0.29) is 6.17 Å². The van der Waals surface area contributed by atoms with Crippen LogP contribution in [-0.4, -0.2) is 11.1 Å². The number of fused-ring (bicyclic) bond motifs is 4. The average molecular weight is 315 g/mol. The summed E-state index contributed by atoms with van der Waals surface area (Å²) in [5, 5.41) is 5.78. The van der Waals surface area contributed by atoms with Gasteiger partial charge in [0.15, 0.2) is 11.4 Å². The predicted octanol–water partition coefficient (Wildman–Crippen LogP) is 5.20. The first kappa shape index (κ1) is 13.4. The van der Waals surface area contributed by atoms with E-state index in [0.29, 0.717) is 0 Å². The molecule has 3 heterocycles. The number of aryl methyl sites for hydroxylation is 1. The second-order valence-corrected chi connectivity index (χ2v) is 6.27. The van der Waals surface area contributed by atoms with Gasteiger partial charge >= 0.3 is 0 Å². The van der Waals surface area contributed by atoms with Gasteiger partial charge in [-0.3, -0.25) is 0 Å². The fraction of sp³-hybridized carbons (Fsp3) is 0.150. The van der Waals surface area contributed by atoms with Gasteiger partial charge in [-0.1, -0.05) is 30.3 Å². The number of anilines is 3. The second kappa shape index (κ2) is 4.74. The summed E-state index contributed by atoms with van der Waals surface area (Å²) in [6, 6.07) is 16.5. The molecule has 4 heteroatoms. The Bertz CT molecular complexity index is 1080. The molecule has 0 radical (unpaired) electrons. The molecule has 0 saturated heterocycles. The first-order valence-electron chi connectivity index (χ1n) is 8.15. The quantitative estimate of drug-likeness (QED) is 0.524. The van der Waals surface area contributed by atoms with Gasteiger partial charge in [-0.2, -0.15) is 0 Å². The number of hydrogen-bond acceptors (Lipinski definition) is 4. The van der Waals surface area contributed by atoms with Gasteiger partial charge in [0.25, 0.3) is 0 Å². The SMILES string of the molecule is Cc1ccc2c(oc3ccccc32)c1N1c2ncccc2N[C@H]1C. The summed E-state index contributed by atoms with van der Waals surface area (Å²) in [6.07, 6.45) is 1.95. The van der Waals surface area contributed by atoms with Crippen molar-refractivity contribution in [3.63, 3.8) is 0 Å². The van der Waals surface area contributed by atoms with E-state index in [1.807, 2.05) is 30.5 Å². The molecule has 0 fully saturated rings. The summed E-state index contributed by atoms with van der Waals surface area (Å²) < 4.78 is 6.24. The Balaban J connectivity index is 1.85. The predicted molar refractivity (Wildman–Crippen MR) is 97.9 cm³/mol. The monoisotopic (exact) mass is 315 g/mol. The molecule has 4 nitrogen and oxygen atoms in total. The Hall–Kier alpha value is -3.01. The first-order valence-corrected chi connectivity index (χ1v) is 8.15. The minimum atomic E-state index is 0.118. The van der Waals surface area contributed by atoms with E-state index in [4.69, 9.17) is 4.42 Å². The van der Waals surface area contributed by atoms with Crippen LogP contribution in [0.15, 0.2) is 59.1 Å². The van der Waals surface area contributed by atoms with E-state index in [0.717, 1.165) is 39.1 Å². The molecule has 0 unspecified atom stereocenters. The van der Waals surface area contributed by atoms with Gasteiger partial charge < -0.3 is 14.6 Å². The maximum Gasteiger partial charge on any atom is 0.159 e. The minimum Gasteiger partial charge on any atom is -0.454 e. The highest BCUT2D eigenvalue weighted by Crippen LogP contribution is 2.44. The van der Waals surface area contributed by atoms with E-state index in [2.05, 4.69) is 53.3 Å². The Labute approximate surface area is 139 Å². The standard InChI is InChI=1S/C20H17N3O/c1-12-9-10-15-14-6-3-4-8-17(14)24-19(15)18(12)23-13(2)22-16-7-5-11-21-20(16)23/h3-11,13,22H,1-2H3/t13-/m1/s1. The van der Waals surface area contributed by atoms with Gasteiger partial charge in [0.05, 0.1) is 11.4 Å². The van der Waals surface area contributed by atoms with Crippen molar-refractivity contribution in [3.05, 3.63) is 60.3 Å². The van der Waals surface area contributed by atoms with Crippen molar-refractivity contribution in [3.8, 4) is 0 Å². The fourth-order valence-corrected chi connectivity index (χ4v) is 3.65. The van der Waals surface area contributed by atoms with Gasteiger partial charge in [-0.05, 0) is 37.6 Å². The molecular weight excluding hydrogens is 298 g/mol. The molecular formula is C20H17N3O. The summed E-state index contributed by atoms with van der Waals surface area (Å²) in [4.78, 5) is 6.82. The smallest absolute Gasteiger partial charge is 0.159 e. The van der Waals surface area contributed by atoms with Crippen molar-refractivity contribution in [2.24, 2.45) is 0 Å². The zero-order chi connectivity index (χ0) is 16.3. The third-order valence-electron chi connectivity index (χ3n) is 4.73.